The number of rotatable bonds is 8. The van der Waals surface area contributed by atoms with Crippen molar-refractivity contribution in [1.82, 2.24) is 20.0 Å². The topological polar surface area (TPSA) is 33.1 Å². The Kier molecular flexibility index (Phi) is 6.01. The van der Waals surface area contributed by atoms with Crippen molar-refractivity contribution in [1.29, 1.82) is 0 Å². The van der Waals surface area contributed by atoms with Gasteiger partial charge in [-0.15, -0.1) is 0 Å². The van der Waals surface area contributed by atoms with Crippen LogP contribution in [0.3, 0.4) is 0 Å². The number of hydrogen-bond donors (Lipinski definition) is 1. The van der Waals surface area contributed by atoms with Gasteiger partial charge in [-0.2, -0.15) is 5.10 Å². The molecular formula is C15H30N4. The minimum absolute atomic E-state index is 0.193. The molecule has 2 unspecified atom stereocenters. The second-order valence-electron chi connectivity index (χ2n) is 5.78. The molecule has 0 bridgehead atoms. The Balaban J connectivity index is 2.71. The van der Waals surface area contributed by atoms with Gasteiger partial charge in [0.15, 0.2) is 0 Å². The van der Waals surface area contributed by atoms with Gasteiger partial charge >= 0.3 is 0 Å². The third-order valence-electron chi connectivity index (χ3n) is 4.42. The van der Waals surface area contributed by atoms with Crippen molar-refractivity contribution in [2.45, 2.75) is 51.6 Å². The first-order valence-corrected chi connectivity index (χ1v) is 7.32. The highest BCUT2D eigenvalue weighted by Gasteiger charge is 2.33. The van der Waals surface area contributed by atoms with Gasteiger partial charge in [-0.3, -0.25) is 4.68 Å². The van der Waals surface area contributed by atoms with Gasteiger partial charge < -0.3 is 10.2 Å². The first-order chi connectivity index (χ1) is 8.93. The van der Waals surface area contributed by atoms with Gasteiger partial charge in [0.1, 0.15) is 0 Å². The Hall–Kier alpha value is -0.870. The summed E-state index contributed by atoms with van der Waals surface area (Å²) in [7, 11) is 6.33. The van der Waals surface area contributed by atoms with Crippen LogP contribution in [0, 0.1) is 0 Å². The molecule has 0 aliphatic heterocycles. The molecule has 4 nitrogen and oxygen atoms in total. The van der Waals surface area contributed by atoms with Crippen molar-refractivity contribution >= 4 is 0 Å². The van der Waals surface area contributed by atoms with Crippen LogP contribution in [0.5, 0.6) is 0 Å². The van der Waals surface area contributed by atoms with Crippen LogP contribution in [0.2, 0.25) is 0 Å². The van der Waals surface area contributed by atoms with Crippen molar-refractivity contribution in [3.63, 3.8) is 0 Å². The minimum atomic E-state index is 0.193. The van der Waals surface area contributed by atoms with E-state index in [1.807, 2.05) is 17.9 Å². The molecule has 0 fully saturated rings. The first kappa shape index (κ1) is 16.2. The van der Waals surface area contributed by atoms with E-state index in [-0.39, 0.29) is 5.54 Å². The molecule has 0 saturated heterocycles. The van der Waals surface area contributed by atoms with E-state index in [1.165, 1.54) is 5.56 Å². The quantitative estimate of drug-likeness (QED) is 0.782. The highest BCUT2D eigenvalue weighted by molar-refractivity contribution is 5.05. The average molecular weight is 266 g/mol. The lowest BCUT2D eigenvalue weighted by Gasteiger charge is -2.43. The average Bonchev–Trinajstić information content (AvgIpc) is 2.79. The summed E-state index contributed by atoms with van der Waals surface area (Å²) in [6, 6.07) is 0.498. The maximum absolute atomic E-state index is 4.24. The van der Waals surface area contributed by atoms with Crippen LogP contribution in [-0.4, -0.2) is 46.9 Å². The van der Waals surface area contributed by atoms with Crippen molar-refractivity contribution in [2.75, 3.05) is 20.6 Å². The normalized spacial score (nSPS) is 16.6. The van der Waals surface area contributed by atoms with Crippen LogP contribution in [0.25, 0.3) is 0 Å². The Morgan fingerprint density at radius 3 is 2.53 bits per heavy atom. The fourth-order valence-electron chi connectivity index (χ4n) is 2.67. The molecule has 0 aromatic carbocycles. The van der Waals surface area contributed by atoms with Crippen LogP contribution >= 0.6 is 0 Å². The van der Waals surface area contributed by atoms with E-state index in [2.05, 4.69) is 56.4 Å². The van der Waals surface area contributed by atoms with E-state index in [0.717, 1.165) is 25.8 Å². The van der Waals surface area contributed by atoms with Crippen LogP contribution < -0.4 is 5.32 Å². The van der Waals surface area contributed by atoms with Crippen LogP contribution in [0.1, 0.15) is 39.2 Å². The Labute approximate surface area is 118 Å². The molecule has 0 amide bonds. The number of aryl methyl sites for hydroxylation is 2. The molecular weight excluding hydrogens is 236 g/mol. The van der Waals surface area contributed by atoms with Gasteiger partial charge in [-0.25, -0.2) is 0 Å². The Morgan fingerprint density at radius 1 is 1.42 bits per heavy atom. The number of hydrogen-bond acceptors (Lipinski definition) is 3. The van der Waals surface area contributed by atoms with Gasteiger partial charge in [0.25, 0.3) is 0 Å². The largest absolute Gasteiger partial charge is 0.312 e. The Bertz CT molecular complexity index is 372. The SMILES string of the molecule is CCNC(CCc1cnn(C)c1)C(C)(CC)N(C)C. The molecule has 19 heavy (non-hydrogen) atoms. The summed E-state index contributed by atoms with van der Waals surface area (Å²) < 4.78 is 1.88. The zero-order valence-electron chi connectivity index (χ0n) is 13.4. The van der Waals surface area contributed by atoms with Gasteiger partial charge in [0, 0.05) is 24.8 Å². The second-order valence-corrected chi connectivity index (χ2v) is 5.78. The molecule has 1 aromatic rings. The molecule has 0 aliphatic carbocycles. The summed E-state index contributed by atoms with van der Waals surface area (Å²) >= 11 is 0. The van der Waals surface area contributed by atoms with E-state index in [4.69, 9.17) is 0 Å². The van der Waals surface area contributed by atoms with E-state index >= 15 is 0 Å². The van der Waals surface area contributed by atoms with Crippen molar-refractivity contribution in [3.05, 3.63) is 18.0 Å². The molecule has 0 spiro atoms. The summed E-state index contributed by atoms with van der Waals surface area (Å²) in [5, 5.41) is 7.91. The Morgan fingerprint density at radius 2 is 2.11 bits per heavy atom. The monoisotopic (exact) mass is 266 g/mol. The molecule has 110 valence electrons. The number of aromatic nitrogens is 2. The molecule has 0 radical (unpaired) electrons. The summed E-state index contributed by atoms with van der Waals surface area (Å²) in [4.78, 5) is 2.35. The lowest BCUT2D eigenvalue weighted by molar-refractivity contribution is 0.109. The number of nitrogens with one attached hydrogen (secondary N) is 1. The van der Waals surface area contributed by atoms with Crippen molar-refractivity contribution in [2.24, 2.45) is 7.05 Å². The molecule has 0 saturated carbocycles. The lowest BCUT2D eigenvalue weighted by atomic mass is 9.84. The number of nitrogens with zero attached hydrogens (tertiary/aromatic N) is 3. The lowest BCUT2D eigenvalue weighted by Crippen LogP contribution is -2.57. The zero-order valence-corrected chi connectivity index (χ0v) is 13.4. The molecule has 1 N–H and O–H groups in total. The van der Waals surface area contributed by atoms with Gasteiger partial charge in [0.2, 0.25) is 0 Å². The minimum Gasteiger partial charge on any atom is -0.312 e. The van der Waals surface area contributed by atoms with E-state index in [0.29, 0.717) is 6.04 Å². The third kappa shape index (κ3) is 4.05. The smallest absolute Gasteiger partial charge is 0.0521 e. The van der Waals surface area contributed by atoms with Crippen LogP contribution in [-0.2, 0) is 13.5 Å². The molecule has 0 aliphatic rings. The maximum atomic E-state index is 4.24. The predicted octanol–water partition coefficient (Wildman–Crippen LogP) is 2.06. The van der Waals surface area contributed by atoms with Crippen molar-refractivity contribution in [3.8, 4) is 0 Å². The van der Waals surface area contributed by atoms with Gasteiger partial charge in [0.05, 0.1) is 6.20 Å². The molecule has 1 heterocycles. The highest BCUT2D eigenvalue weighted by atomic mass is 15.2. The van der Waals surface area contributed by atoms with E-state index < -0.39 is 0 Å². The van der Waals surface area contributed by atoms with Gasteiger partial charge in [-0.1, -0.05) is 13.8 Å². The van der Waals surface area contributed by atoms with Gasteiger partial charge in [-0.05, 0) is 52.4 Å². The summed E-state index contributed by atoms with van der Waals surface area (Å²) in [6.07, 6.45) is 7.45. The van der Waals surface area contributed by atoms with Crippen LogP contribution in [0.4, 0.5) is 0 Å². The highest BCUT2D eigenvalue weighted by Crippen LogP contribution is 2.24. The van der Waals surface area contributed by atoms with E-state index in [9.17, 15) is 0 Å². The summed E-state index contributed by atoms with van der Waals surface area (Å²) in [6.45, 7) is 7.82. The first-order valence-electron chi connectivity index (χ1n) is 7.32. The van der Waals surface area contributed by atoms with Crippen LogP contribution in [0.15, 0.2) is 12.4 Å². The number of likely N-dealkylation sites (N-methyl/N-ethyl adjacent to an activating group) is 2. The zero-order chi connectivity index (χ0) is 14.5. The van der Waals surface area contributed by atoms with Crippen molar-refractivity contribution < 1.29 is 0 Å². The predicted molar refractivity (Wildman–Crippen MR) is 81.4 cm³/mol. The maximum Gasteiger partial charge on any atom is 0.0521 e. The fourth-order valence-corrected chi connectivity index (χ4v) is 2.67. The van der Waals surface area contributed by atoms with E-state index in [1.54, 1.807) is 0 Å². The molecule has 4 heteroatoms. The molecule has 1 rings (SSSR count). The summed E-state index contributed by atoms with van der Waals surface area (Å²) in [5.41, 5.74) is 1.51. The second kappa shape index (κ2) is 7.06. The molecule has 1 aromatic heterocycles. The molecule has 2 atom stereocenters. The summed E-state index contributed by atoms with van der Waals surface area (Å²) in [5.74, 6) is 0. The third-order valence-corrected chi connectivity index (χ3v) is 4.42. The fraction of sp³-hybridized carbons (Fsp3) is 0.800. The standard InChI is InChI=1S/C15H30N4/c1-7-15(3,18(4)5)14(16-8-2)10-9-13-11-17-19(6)12-13/h11-12,14,16H,7-10H2,1-6H3.